The summed E-state index contributed by atoms with van der Waals surface area (Å²) in [7, 11) is 0. The number of amides is 1. The summed E-state index contributed by atoms with van der Waals surface area (Å²) in [4.78, 5) is 29.5. The second kappa shape index (κ2) is 4.82. The SMILES string of the molecule is NC1(C(=O)O)CCN(C(=O)c2cccc3ncccc23)C1. The number of nitrogens with zero attached hydrogens (tertiary/aromatic N) is 2. The fourth-order valence-corrected chi connectivity index (χ4v) is 2.64. The number of carbonyl (C=O) groups is 2. The monoisotopic (exact) mass is 285 g/mol. The van der Waals surface area contributed by atoms with Crippen molar-refractivity contribution in [3.05, 3.63) is 42.1 Å². The van der Waals surface area contributed by atoms with Crippen LogP contribution in [-0.2, 0) is 4.79 Å². The van der Waals surface area contributed by atoms with E-state index in [4.69, 9.17) is 10.8 Å². The molecule has 3 rings (SSSR count). The van der Waals surface area contributed by atoms with Crippen LogP contribution in [0.1, 0.15) is 16.8 Å². The van der Waals surface area contributed by atoms with Crippen LogP contribution in [0.5, 0.6) is 0 Å². The van der Waals surface area contributed by atoms with E-state index in [1.807, 2.05) is 12.1 Å². The van der Waals surface area contributed by atoms with Crippen molar-refractivity contribution in [3.8, 4) is 0 Å². The molecule has 0 aliphatic carbocycles. The van der Waals surface area contributed by atoms with Gasteiger partial charge in [0.05, 0.1) is 5.52 Å². The molecule has 1 atom stereocenters. The Morgan fingerprint density at radius 3 is 2.81 bits per heavy atom. The van der Waals surface area contributed by atoms with E-state index in [0.29, 0.717) is 12.1 Å². The average Bonchev–Trinajstić information content (AvgIpc) is 2.90. The van der Waals surface area contributed by atoms with Crippen molar-refractivity contribution in [2.75, 3.05) is 13.1 Å². The Kier molecular flexibility index (Phi) is 3.10. The molecule has 6 heteroatoms. The van der Waals surface area contributed by atoms with Gasteiger partial charge in [-0.15, -0.1) is 0 Å². The number of rotatable bonds is 2. The van der Waals surface area contributed by atoms with Gasteiger partial charge < -0.3 is 15.7 Å². The highest BCUT2D eigenvalue weighted by molar-refractivity contribution is 6.06. The average molecular weight is 285 g/mol. The number of carbonyl (C=O) groups excluding carboxylic acids is 1. The van der Waals surface area contributed by atoms with Crippen LogP contribution in [0.3, 0.4) is 0 Å². The molecule has 0 radical (unpaired) electrons. The Morgan fingerprint density at radius 1 is 1.29 bits per heavy atom. The summed E-state index contributed by atoms with van der Waals surface area (Å²) < 4.78 is 0. The summed E-state index contributed by atoms with van der Waals surface area (Å²) in [5, 5.41) is 9.90. The zero-order valence-electron chi connectivity index (χ0n) is 11.3. The smallest absolute Gasteiger partial charge is 0.325 e. The van der Waals surface area contributed by atoms with Crippen LogP contribution in [0.4, 0.5) is 0 Å². The minimum absolute atomic E-state index is 0.0256. The number of aliphatic carboxylic acids is 1. The van der Waals surface area contributed by atoms with Crippen LogP contribution in [0.2, 0.25) is 0 Å². The van der Waals surface area contributed by atoms with Gasteiger partial charge in [0.1, 0.15) is 5.54 Å². The van der Waals surface area contributed by atoms with Crippen molar-refractivity contribution in [1.82, 2.24) is 9.88 Å². The predicted octanol–water partition coefficient (Wildman–Crippen LogP) is 0.863. The van der Waals surface area contributed by atoms with E-state index in [1.165, 1.54) is 4.90 Å². The molecule has 1 aromatic heterocycles. The third kappa shape index (κ3) is 2.23. The van der Waals surface area contributed by atoms with Gasteiger partial charge in [-0.05, 0) is 24.6 Å². The highest BCUT2D eigenvalue weighted by Crippen LogP contribution is 2.24. The van der Waals surface area contributed by atoms with E-state index in [0.717, 1.165) is 10.9 Å². The molecule has 6 nitrogen and oxygen atoms in total. The predicted molar refractivity (Wildman–Crippen MR) is 76.8 cm³/mol. The fourth-order valence-electron chi connectivity index (χ4n) is 2.64. The van der Waals surface area contributed by atoms with Crippen LogP contribution in [0, 0.1) is 0 Å². The van der Waals surface area contributed by atoms with Crippen molar-refractivity contribution in [2.24, 2.45) is 5.73 Å². The zero-order valence-corrected chi connectivity index (χ0v) is 11.3. The van der Waals surface area contributed by atoms with Crippen molar-refractivity contribution in [3.63, 3.8) is 0 Å². The van der Waals surface area contributed by atoms with Crippen LogP contribution < -0.4 is 5.73 Å². The standard InChI is InChI=1S/C15H15N3O3/c16-15(14(20)21)6-8-18(9-15)13(19)11-3-1-5-12-10(11)4-2-7-17-12/h1-5,7H,6,8-9,16H2,(H,20,21). The molecule has 0 bridgehead atoms. The lowest BCUT2D eigenvalue weighted by Gasteiger charge is -2.20. The van der Waals surface area contributed by atoms with Crippen molar-refractivity contribution in [2.45, 2.75) is 12.0 Å². The van der Waals surface area contributed by atoms with E-state index in [2.05, 4.69) is 4.98 Å². The molecule has 1 fully saturated rings. The van der Waals surface area contributed by atoms with Crippen molar-refractivity contribution < 1.29 is 14.7 Å². The second-order valence-corrected chi connectivity index (χ2v) is 5.31. The van der Waals surface area contributed by atoms with E-state index in [-0.39, 0.29) is 18.9 Å². The van der Waals surface area contributed by atoms with Gasteiger partial charge in [-0.25, -0.2) is 0 Å². The number of hydrogen-bond donors (Lipinski definition) is 2. The Labute approximate surface area is 121 Å². The molecule has 2 heterocycles. The molecule has 0 saturated carbocycles. The normalized spacial score (nSPS) is 21.7. The molecule has 1 unspecified atom stereocenters. The van der Waals surface area contributed by atoms with E-state index in [9.17, 15) is 9.59 Å². The first-order valence-electron chi connectivity index (χ1n) is 6.66. The van der Waals surface area contributed by atoms with Crippen molar-refractivity contribution in [1.29, 1.82) is 0 Å². The first-order valence-corrected chi connectivity index (χ1v) is 6.66. The zero-order chi connectivity index (χ0) is 15.0. The largest absolute Gasteiger partial charge is 0.480 e. The topological polar surface area (TPSA) is 96.5 Å². The third-order valence-corrected chi connectivity index (χ3v) is 3.89. The van der Waals surface area contributed by atoms with Gasteiger partial charge >= 0.3 is 5.97 Å². The molecule has 21 heavy (non-hydrogen) atoms. The highest BCUT2D eigenvalue weighted by Gasteiger charge is 2.43. The minimum atomic E-state index is -1.35. The number of hydrogen-bond acceptors (Lipinski definition) is 4. The first kappa shape index (κ1) is 13.5. The Morgan fingerprint density at radius 2 is 2.10 bits per heavy atom. The maximum absolute atomic E-state index is 12.6. The van der Waals surface area contributed by atoms with Gasteiger partial charge in [-0.2, -0.15) is 0 Å². The maximum atomic E-state index is 12.6. The molecule has 1 aliphatic rings. The molecular formula is C15H15N3O3. The highest BCUT2D eigenvalue weighted by atomic mass is 16.4. The van der Waals surface area contributed by atoms with Gasteiger partial charge in [-0.1, -0.05) is 12.1 Å². The molecule has 3 N–H and O–H groups in total. The third-order valence-electron chi connectivity index (χ3n) is 3.89. The number of fused-ring (bicyclic) bond motifs is 1. The summed E-state index contributed by atoms with van der Waals surface area (Å²) in [5.74, 6) is -1.28. The van der Waals surface area contributed by atoms with Crippen LogP contribution in [0.25, 0.3) is 10.9 Å². The van der Waals surface area contributed by atoms with Gasteiger partial charge in [0.25, 0.3) is 5.91 Å². The van der Waals surface area contributed by atoms with E-state index >= 15 is 0 Å². The fraction of sp³-hybridized carbons (Fsp3) is 0.267. The Bertz CT molecular complexity index is 726. The molecule has 108 valence electrons. The molecular weight excluding hydrogens is 270 g/mol. The summed E-state index contributed by atoms with van der Waals surface area (Å²) in [6.07, 6.45) is 1.93. The summed E-state index contributed by atoms with van der Waals surface area (Å²) in [5.41, 5.74) is 5.73. The number of pyridine rings is 1. The van der Waals surface area contributed by atoms with Gasteiger partial charge in [-0.3, -0.25) is 14.6 Å². The molecule has 2 aromatic rings. The summed E-state index contributed by atoms with van der Waals surface area (Å²) in [6, 6.07) is 8.93. The van der Waals surface area contributed by atoms with E-state index in [1.54, 1.807) is 24.4 Å². The van der Waals surface area contributed by atoms with Crippen LogP contribution in [-0.4, -0.2) is 45.5 Å². The van der Waals surface area contributed by atoms with Crippen LogP contribution in [0.15, 0.2) is 36.5 Å². The van der Waals surface area contributed by atoms with Gasteiger partial charge in [0.15, 0.2) is 0 Å². The lowest BCUT2D eigenvalue weighted by Crippen LogP contribution is -2.50. The summed E-state index contributed by atoms with van der Waals surface area (Å²) in [6.45, 7) is 0.371. The maximum Gasteiger partial charge on any atom is 0.325 e. The minimum Gasteiger partial charge on any atom is -0.480 e. The lowest BCUT2D eigenvalue weighted by atomic mass is 10.0. The summed E-state index contributed by atoms with van der Waals surface area (Å²) >= 11 is 0. The number of carboxylic acid groups (broad SMARTS) is 1. The number of benzene rings is 1. The van der Waals surface area contributed by atoms with Crippen LogP contribution >= 0.6 is 0 Å². The van der Waals surface area contributed by atoms with Gasteiger partial charge in [0.2, 0.25) is 0 Å². The van der Waals surface area contributed by atoms with E-state index < -0.39 is 11.5 Å². The Balaban J connectivity index is 1.94. The molecule has 1 amide bonds. The van der Waals surface area contributed by atoms with Gasteiger partial charge in [0, 0.05) is 30.2 Å². The Hall–Kier alpha value is -2.47. The molecule has 1 aliphatic heterocycles. The quantitative estimate of drug-likeness (QED) is 0.853. The second-order valence-electron chi connectivity index (χ2n) is 5.31. The molecule has 1 saturated heterocycles. The number of carboxylic acids is 1. The van der Waals surface area contributed by atoms with Crippen molar-refractivity contribution >= 4 is 22.8 Å². The molecule has 0 spiro atoms. The lowest BCUT2D eigenvalue weighted by molar-refractivity contribution is -0.142. The first-order chi connectivity index (χ1) is 10.0. The number of nitrogens with two attached hydrogens (primary N) is 1. The number of likely N-dealkylation sites (tertiary alicyclic amines) is 1. The number of aromatic nitrogens is 1. The molecule has 1 aromatic carbocycles.